The maximum absolute atomic E-state index is 13.2. The van der Waals surface area contributed by atoms with Crippen LogP contribution in [-0.4, -0.2) is 31.5 Å². The molecule has 5 heteroatoms. The Balaban J connectivity index is 5.05. The summed E-state index contributed by atoms with van der Waals surface area (Å²) in [4.78, 5) is 42.8. The highest BCUT2D eigenvalue weighted by atomic mass is 28.3. The number of hydrogen-bond donors (Lipinski definition) is 1. The fourth-order valence-electron chi connectivity index (χ4n) is 4.11. The summed E-state index contributed by atoms with van der Waals surface area (Å²) in [5.74, 6) is 0. The van der Waals surface area contributed by atoms with Crippen LogP contribution in [0.5, 0.6) is 0 Å². The number of carbonyl (C=O) groups is 3. The maximum Gasteiger partial charge on any atom is 0.343 e. The fourth-order valence-corrected chi connectivity index (χ4v) is 7.54. The second-order valence-electron chi connectivity index (χ2n) is 8.76. The van der Waals surface area contributed by atoms with Crippen LogP contribution in [0.4, 0.5) is 0 Å². The van der Waals surface area contributed by atoms with E-state index >= 15 is 0 Å². The Labute approximate surface area is 187 Å². The van der Waals surface area contributed by atoms with Gasteiger partial charge in [0.05, 0.1) is 0 Å². The highest BCUT2D eigenvalue weighted by molar-refractivity contribution is 7.39. The summed E-state index contributed by atoms with van der Waals surface area (Å²) < 4.78 is 0. The van der Waals surface area contributed by atoms with Gasteiger partial charge in [-0.1, -0.05) is 97.8 Å². The van der Waals surface area contributed by atoms with Crippen LogP contribution in [0.25, 0.3) is 0 Å². The molecule has 0 spiro atoms. The van der Waals surface area contributed by atoms with Gasteiger partial charge in [-0.3, -0.25) is 0 Å². The van der Waals surface area contributed by atoms with Crippen molar-refractivity contribution >= 4 is 24.5 Å². The average Bonchev–Trinajstić information content (AvgIpc) is 2.74. The summed E-state index contributed by atoms with van der Waals surface area (Å²) in [6, 6.07) is 0. The van der Waals surface area contributed by atoms with Crippen LogP contribution < -0.4 is 4.98 Å². The Hall–Kier alpha value is -0.813. The molecule has 0 fully saturated rings. The van der Waals surface area contributed by atoms with Gasteiger partial charge >= 0.3 is 8.24 Å². The lowest BCUT2D eigenvalue weighted by Gasteiger charge is -2.26. The van der Waals surface area contributed by atoms with E-state index in [9.17, 15) is 14.4 Å². The third-order valence-electron chi connectivity index (χ3n) is 6.15. The predicted molar refractivity (Wildman–Crippen MR) is 130 cm³/mol. The monoisotopic (exact) mass is 439 g/mol. The van der Waals surface area contributed by atoms with Crippen molar-refractivity contribution in [3.63, 3.8) is 0 Å². The van der Waals surface area contributed by atoms with Gasteiger partial charge in [0.2, 0.25) is 0 Å². The molecule has 0 unspecified atom stereocenters. The quantitative estimate of drug-likeness (QED) is 0.153. The molecule has 0 atom stereocenters. The molecule has 0 saturated carbocycles. The topological polar surface area (TPSA) is 63.2 Å². The normalized spacial score (nSPS) is 11.6. The second kappa shape index (κ2) is 18.9. The zero-order valence-corrected chi connectivity index (χ0v) is 21.5. The molecule has 176 valence electrons. The predicted octanol–water partition coefficient (Wildman–Crippen LogP) is 6.56. The molecule has 0 radical (unpaired) electrons. The number of unbranched alkanes of at least 4 members (excludes halogenated alkanes) is 12. The molecule has 4 nitrogen and oxygen atoms in total. The average molecular weight is 440 g/mol. The van der Waals surface area contributed by atoms with E-state index in [1.165, 1.54) is 19.3 Å². The molecular formula is C25H49NO3Si. The van der Waals surface area contributed by atoms with Crippen molar-refractivity contribution in [3.05, 3.63) is 0 Å². The summed E-state index contributed by atoms with van der Waals surface area (Å²) >= 11 is 0. The Kier molecular flexibility index (Phi) is 18.4. The highest BCUT2D eigenvalue weighted by Gasteiger charge is 2.52. The van der Waals surface area contributed by atoms with E-state index in [2.05, 4.69) is 25.8 Å². The van der Waals surface area contributed by atoms with Crippen molar-refractivity contribution in [2.24, 2.45) is 0 Å². The smallest absolute Gasteiger partial charge is 0.323 e. The van der Waals surface area contributed by atoms with E-state index in [1.807, 2.05) is 0 Å². The van der Waals surface area contributed by atoms with Gasteiger partial charge in [-0.15, -0.1) is 0 Å². The second-order valence-corrected chi connectivity index (χ2v) is 12.4. The van der Waals surface area contributed by atoms with Crippen molar-refractivity contribution in [1.82, 2.24) is 4.98 Å². The molecule has 0 amide bonds. The standard InChI is InChI=1S/C25H49NO3Si/c1-5-8-11-14-17-20-23(27)30(26-4,24(28)21-18-15-12-9-6-2)25(29)22-19-16-13-10-7-3/h26H,5-22H2,1-4H3. The van der Waals surface area contributed by atoms with E-state index in [4.69, 9.17) is 0 Å². The van der Waals surface area contributed by atoms with E-state index < -0.39 is 8.24 Å². The van der Waals surface area contributed by atoms with Crippen LogP contribution >= 0.6 is 0 Å². The zero-order valence-electron chi connectivity index (χ0n) is 20.5. The van der Waals surface area contributed by atoms with Gasteiger partial charge in [-0.2, -0.15) is 0 Å². The molecule has 0 aliphatic heterocycles. The first-order chi connectivity index (χ1) is 14.5. The number of rotatable bonds is 22. The van der Waals surface area contributed by atoms with Crippen molar-refractivity contribution in [2.45, 2.75) is 136 Å². The van der Waals surface area contributed by atoms with E-state index in [0.29, 0.717) is 19.3 Å². The van der Waals surface area contributed by atoms with Crippen LogP contribution in [0.3, 0.4) is 0 Å². The number of hydrogen-bond acceptors (Lipinski definition) is 4. The molecule has 0 aromatic rings. The number of carbonyl (C=O) groups excluding carboxylic acids is 3. The van der Waals surface area contributed by atoms with Gasteiger partial charge in [0.15, 0.2) is 0 Å². The first-order valence-electron chi connectivity index (χ1n) is 12.8. The molecule has 0 aromatic carbocycles. The Morgan fingerprint density at radius 2 is 0.767 bits per heavy atom. The molecular weight excluding hydrogens is 390 g/mol. The molecule has 30 heavy (non-hydrogen) atoms. The SMILES string of the molecule is CCCCCCCC(=O)[Si](NC)(C(=O)CCCCCCC)C(=O)CCCCCCC. The minimum atomic E-state index is -3.45. The van der Waals surface area contributed by atoms with Crippen molar-refractivity contribution < 1.29 is 14.4 Å². The van der Waals surface area contributed by atoms with E-state index in [0.717, 1.165) is 77.0 Å². The molecule has 0 bridgehead atoms. The van der Waals surface area contributed by atoms with Crippen LogP contribution in [0.1, 0.15) is 136 Å². The third kappa shape index (κ3) is 11.0. The maximum atomic E-state index is 13.2. The lowest BCUT2D eigenvalue weighted by Crippen LogP contribution is -2.68. The van der Waals surface area contributed by atoms with Gasteiger partial charge in [-0.05, 0) is 26.3 Å². The zero-order chi connectivity index (χ0) is 22.7. The van der Waals surface area contributed by atoms with Crippen molar-refractivity contribution in [3.8, 4) is 0 Å². The van der Waals surface area contributed by atoms with Crippen LogP contribution in [-0.2, 0) is 14.4 Å². The Morgan fingerprint density at radius 1 is 0.500 bits per heavy atom. The Bertz CT molecular complexity index is 414. The molecule has 0 saturated heterocycles. The molecule has 0 aliphatic rings. The Morgan fingerprint density at radius 3 is 1.00 bits per heavy atom. The van der Waals surface area contributed by atoms with Crippen LogP contribution in [0, 0.1) is 0 Å². The molecule has 1 N–H and O–H groups in total. The minimum Gasteiger partial charge on any atom is -0.323 e. The third-order valence-corrected chi connectivity index (χ3v) is 10.2. The van der Waals surface area contributed by atoms with Gasteiger partial charge in [0.1, 0.15) is 16.2 Å². The molecule has 0 aliphatic carbocycles. The summed E-state index contributed by atoms with van der Waals surface area (Å²) in [6.45, 7) is 6.51. The minimum absolute atomic E-state index is 0.0707. The van der Waals surface area contributed by atoms with Gasteiger partial charge in [-0.25, -0.2) is 0 Å². The summed E-state index contributed by atoms with van der Waals surface area (Å²) in [7, 11) is -1.78. The largest absolute Gasteiger partial charge is 0.343 e. The first-order valence-corrected chi connectivity index (χ1v) is 14.8. The fraction of sp³-hybridized carbons (Fsp3) is 0.880. The van der Waals surface area contributed by atoms with Gasteiger partial charge in [0, 0.05) is 19.3 Å². The summed E-state index contributed by atoms with van der Waals surface area (Å²) in [6.07, 6.45) is 16.9. The summed E-state index contributed by atoms with van der Waals surface area (Å²) in [5, 5.41) is -0.212. The molecule has 0 heterocycles. The van der Waals surface area contributed by atoms with Crippen molar-refractivity contribution in [2.75, 3.05) is 7.05 Å². The van der Waals surface area contributed by atoms with E-state index in [-0.39, 0.29) is 16.2 Å². The first kappa shape index (κ1) is 29.2. The van der Waals surface area contributed by atoms with Crippen LogP contribution in [0.2, 0.25) is 0 Å². The van der Waals surface area contributed by atoms with E-state index in [1.54, 1.807) is 7.05 Å². The lowest BCUT2D eigenvalue weighted by atomic mass is 10.1. The molecule has 0 aromatic heterocycles. The lowest BCUT2D eigenvalue weighted by molar-refractivity contribution is -0.120. The van der Waals surface area contributed by atoms with Crippen LogP contribution in [0.15, 0.2) is 0 Å². The van der Waals surface area contributed by atoms with Crippen molar-refractivity contribution in [1.29, 1.82) is 0 Å². The van der Waals surface area contributed by atoms with Gasteiger partial charge < -0.3 is 19.4 Å². The number of nitrogens with one attached hydrogen (secondary N) is 1. The summed E-state index contributed by atoms with van der Waals surface area (Å²) in [5.41, 5.74) is 0. The highest BCUT2D eigenvalue weighted by Crippen LogP contribution is 2.19. The van der Waals surface area contributed by atoms with Gasteiger partial charge in [0.25, 0.3) is 0 Å². The molecule has 0 rings (SSSR count).